The van der Waals surface area contributed by atoms with Gasteiger partial charge in [0.25, 0.3) is 0 Å². The minimum absolute atomic E-state index is 0.0386. The Morgan fingerprint density at radius 2 is 2.19 bits per heavy atom. The highest BCUT2D eigenvalue weighted by Gasteiger charge is 2.40. The van der Waals surface area contributed by atoms with Gasteiger partial charge in [0, 0.05) is 6.42 Å². The van der Waals surface area contributed by atoms with Crippen LogP contribution in [0.15, 0.2) is 18.2 Å². The van der Waals surface area contributed by atoms with E-state index in [-0.39, 0.29) is 16.5 Å². The molecule has 3 N–H and O–H groups in total. The van der Waals surface area contributed by atoms with E-state index in [0.717, 1.165) is 12.3 Å². The van der Waals surface area contributed by atoms with Crippen LogP contribution in [0, 0.1) is 23.6 Å². The third-order valence-electron chi connectivity index (χ3n) is 4.87. The third-order valence-corrected chi connectivity index (χ3v) is 5.07. The summed E-state index contributed by atoms with van der Waals surface area (Å²) in [5.41, 5.74) is 6.03. The molecule has 3 nitrogen and oxygen atoms in total. The van der Waals surface area contributed by atoms with Crippen molar-refractivity contribution >= 4 is 28.8 Å². The fourth-order valence-electron chi connectivity index (χ4n) is 3.94. The summed E-state index contributed by atoms with van der Waals surface area (Å²) in [6, 6.07) is 4.47. The Balaban J connectivity index is 1.68. The summed E-state index contributed by atoms with van der Waals surface area (Å²) in [5.74, 6) is 1.42. The van der Waals surface area contributed by atoms with Gasteiger partial charge in [-0.05, 0) is 49.1 Å². The van der Waals surface area contributed by atoms with Crippen LogP contribution in [0.25, 0.3) is 0 Å². The van der Waals surface area contributed by atoms with Crippen LogP contribution in [0.1, 0.15) is 37.7 Å². The van der Waals surface area contributed by atoms with Crippen molar-refractivity contribution in [3.05, 3.63) is 29.6 Å². The summed E-state index contributed by atoms with van der Waals surface area (Å²) in [4.78, 5) is 12.2. The van der Waals surface area contributed by atoms with Crippen LogP contribution < -0.4 is 11.1 Å². The Labute approximate surface area is 129 Å². The van der Waals surface area contributed by atoms with E-state index < -0.39 is 5.82 Å². The molecular weight excluding hydrogens is 287 g/mol. The first kappa shape index (κ1) is 14.4. The molecule has 2 aliphatic carbocycles. The number of hydrogen-bond donors (Lipinski definition) is 2. The molecule has 3 rings (SSSR count). The average molecular weight is 306 g/mol. The Kier molecular flexibility index (Phi) is 3.93. The smallest absolute Gasteiger partial charge is 0.224 e. The van der Waals surface area contributed by atoms with Gasteiger partial charge in [0.15, 0.2) is 0 Å². The standard InChI is InChI=1S/C16H19FN2OS/c17-12-2-1-3-13(15(12)16(18)21)19-14(20)8-11-7-9-4-5-10(11)6-9/h1-3,9-11H,4-8H2,(H2,18,21)(H,19,20). The number of halogens is 1. The van der Waals surface area contributed by atoms with Gasteiger partial charge in [-0.2, -0.15) is 0 Å². The van der Waals surface area contributed by atoms with Crippen molar-refractivity contribution in [2.45, 2.75) is 32.1 Å². The fraction of sp³-hybridized carbons (Fsp3) is 0.500. The van der Waals surface area contributed by atoms with E-state index in [0.29, 0.717) is 23.9 Å². The first-order valence-corrected chi connectivity index (χ1v) is 7.83. The van der Waals surface area contributed by atoms with Crippen molar-refractivity contribution in [1.29, 1.82) is 0 Å². The van der Waals surface area contributed by atoms with Gasteiger partial charge in [0.05, 0.1) is 11.3 Å². The van der Waals surface area contributed by atoms with Gasteiger partial charge < -0.3 is 11.1 Å². The molecule has 0 spiro atoms. The molecule has 112 valence electrons. The van der Waals surface area contributed by atoms with Gasteiger partial charge in [-0.1, -0.05) is 24.7 Å². The number of thiocarbonyl (C=S) groups is 1. The summed E-state index contributed by atoms with van der Waals surface area (Å²) in [7, 11) is 0. The quantitative estimate of drug-likeness (QED) is 0.840. The second kappa shape index (κ2) is 5.72. The molecule has 3 atom stereocenters. The van der Waals surface area contributed by atoms with Crippen LogP contribution in [0.4, 0.5) is 10.1 Å². The van der Waals surface area contributed by atoms with Crippen molar-refractivity contribution in [2.75, 3.05) is 5.32 Å². The number of rotatable bonds is 4. The van der Waals surface area contributed by atoms with Crippen LogP contribution in [0.2, 0.25) is 0 Å². The highest BCUT2D eigenvalue weighted by atomic mass is 32.1. The molecule has 2 bridgehead atoms. The number of fused-ring (bicyclic) bond motifs is 2. The minimum atomic E-state index is -0.500. The van der Waals surface area contributed by atoms with E-state index in [4.69, 9.17) is 18.0 Å². The summed E-state index contributed by atoms with van der Waals surface area (Å²) in [5, 5.41) is 2.77. The molecule has 2 saturated carbocycles. The average Bonchev–Trinajstić information content (AvgIpc) is 3.00. The second-order valence-electron chi connectivity index (χ2n) is 6.21. The van der Waals surface area contributed by atoms with Gasteiger partial charge in [0.1, 0.15) is 10.8 Å². The zero-order valence-electron chi connectivity index (χ0n) is 11.8. The molecule has 0 radical (unpaired) electrons. The number of anilines is 1. The second-order valence-corrected chi connectivity index (χ2v) is 6.65. The lowest BCUT2D eigenvalue weighted by Crippen LogP contribution is -2.22. The van der Waals surface area contributed by atoms with Gasteiger partial charge in [0.2, 0.25) is 5.91 Å². The number of nitrogens with one attached hydrogen (secondary N) is 1. The van der Waals surface area contributed by atoms with Crippen LogP contribution >= 0.6 is 12.2 Å². The fourth-order valence-corrected chi connectivity index (χ4v) is 4.15. The van der Waals surface area contributed by atoms with E-state index in [1.54, 1.807) is 12.1 Å². The number of carbonyl (C=O) groups is 1. The molecule has 3 unspecified atom stereocenters. The Hall–Kier alpha value is -1.49. The van der Waals surface area contributed by atoms with Crippen molar-refractivity contribution in [2.24, 2.45) is 23.5 Å². The molecule has 5 heteroatoms. The number of benzene rings is 1. The molecule has 0 heterocycles. The van der Waals surface area contributed by atoms with Crippen molar-refractivity contribution in [3.63, 3.8) is 0 Å². The van der Waals surface area contributed by atoms with Crippen LogP contribution in [-0.4, -0.2) is 10.9 Å². The monoisotopic (exact) mass is 306 g/mol. The predicted octanol–water partition coefficient (Wildman–Crippen LogP) is 3.22. The van der Waals surface area contributed by atoms with Gasteiger partial charge in [-0.15, -0.1) is 0 Å². The summed E-state index contributed by atoms with van der Waals surface area (Å²) >= 11 is 4.86. The molecule has 2 aliphatic rings. The highest BCUT2D eigenvalue weighted by molar-refractivity contribution is 7.80. The first-order valence-electron chi connectivity index (χ1n) is 7.42. The van der Waals surface area contributed by atoms with Gasteiger partial charge in [-0.25, -0.2) is 4.39 Å². The maximum Gasteiger partial charge on any atom is 0.224 e. The molecular formula is C16H19FN2OS. The SMILES string of the molecule is NC(=S)c1c(F)cccc1NC(=O)CC1CC2CCC1C2. The topological polar surface area (TPSA) is 55.1 Å². The van der Waals surface area contributed by atoms with E-state index in [1.807, 2.05) is 0 Å². The Morgan fingerprint density at radius 1 is 1.38 bits per heavy atom. The van der Waals surface area contributed by atoms with E-state index in [9.17, 15) is 9.18 Å². The number of nitrogens with two attached hydrogens (primary N) is 1. The molecule has 0 aromatic heterocycles. The molecule has 1 aromatic rings. The van der Waals surface area contributed by atoms with Crippen LogP contribution in [-0.2, 0) is 4.79 Å². The molecule has 0 aliphatic heterocycles. The van der Waals surface area contributed by atoms with Crippen molar-refractivity contribution in [1.82, 2.24) is 0 Å². The van der Waals surface area contributed by atoms with Gasteiger partial charge in [-0.3, -0.25) is 4.79 Å². The van der Waals surface area contributed by atoms with Gasteiger partial charge >= 0.3 is 0 Å². The molecule has 21 heavy (non-hydrogen) atoms. The number of hydrogen-bond acceptors (Lipinski definition) is 2. The molecule has 0 saturated heterocycles. The van der Waals surface area contributed by atoms with Crippen LogP contribution in [0.5, 0.6) is 0 Å². The highest BCUT2D eigenvalue weighted by Crippen LogP contribution is 2.49. The molecule has 2 fully saturated rings. The molecule has 1 aromatic carbocycles. The van der Waals surface area contributed by atoms with E-state index in [2.05, 4.69) is 5.32 Å². The zero-order chi connectivity index (χ0) is 15.0. The van der Waals surface area contributed by atoms with Crippen LogP contribution in [0.3, 0.4) is 0 Å². The lowest BCUT2D eigenvalue weighted by Gasteiger charge is -2.21. The summed E-state index contributed by atoms with van der Waals surface area (Å²) < 4.78 is 13.8. The first-order chi connectivity index (χ1) is 10.0. The van der Waals surface area contributed by atoms with Crippen molar-refractivity contribution in [3.8, 4) is 0 Å². The number of carbonyl (C=O) groups excluding carboxylic acids is 1. The van der Waals surface area contributed by atoms with Crippen molar-refractivity contribution < 1.29 is 9.18 Å². The molecule has 1 amide bonds. The maximum atomic E-state index is 13.8. The maximum absolute atomic E-state index is 13.8. The summed E-state index contributed by atoms with van der Waals surface area (Å²) in [6.07, 6.45) is 5.51. The summed E-state index contributed by atoms with van der Waals surface area (Å²) in [6.45, 7) is 0. The van der Waals surface area contributed by atoms with E-state index >= 15 is 0 Å². The normalized spacial score (nSPS) is 26.8. The Morgan fingerprint density at radius 3 is 2.81 bits per heavy atom. The zero-order valence-corrected chi connectivity index (χ0v) is 12.6. The Bertz CT molecular complexity index is 590. The minimum Gasteiger partial charge on any atom is -0.389 e. The lowest BCUT2D eigenvalue weighted by molar-refractivity contribution is -0.117. The lowest BCUT2D eigenvalue weighted by atomic mass is 9.86. The predicted molar refractivity (Wildman–Crippen MR) is 84.5 cm³/mol. The van der Waals surface area contributed by atoms with E-state index in [1.165, 1.54) is 25.3 Å². The largest absolute Gasteiger partial charge is 0.389 e. The number of amides is 1. The third kappa shape index (κ3) is 2.93.